The molecule has 2 nitrogen and oxygen atoms in total. The molecule has 0 aromatic heterocycles. The molecule has 0 radical (unpaired) electrons. The van der Waals surface area contributed by atoms with Crippen LogP contribution in [0.25, 0.3) is 0 Å². The quantitative estimate of drug-likeness (QED) is 0.723. The molecule has 0 saturated heterocycles. The highest BCUT2D eigenvalue weighted by Crippen LogP contribution is 2.77. The summed E-state index contributed by atoms with van der Waals surface area (Å²) in [5, 5.41) is 8.92. The van der Waals surface area contributed by atoms with Crippen molar-refractivity contribution in [3.63, 3.8) is 0 Å². The fourth-order valence-electron chi connectivity index (χ4n) is 5.34. The maximum Gasteiger partial charge on any atom is 0.303 e. The van der Waals surface area contributed by atoms with Crippen molar-refractivity contribution in [3.05, 3.63) is 12.2 Å². The van der Waals surface area contributed by atoms with Gasteiger partial charge in [0, 0.05) is 6.42 Å². The average Bonchev–Trinajstić information content (AvgIpc) is 2.65. The molecule has 86 valence electrons. The van der Waals surface area contributed by atoms with Crippen molar-refractivity contribution >= 4 is 5.97 Å². The standard InChI is InChI=1S/C14H18O2/c15-13(16)5-8-3-11-7-14(11)10-2-1-9(6-10)12(14)4-8/h1-2,8-12H,3-7H2,(H,15,16). The monoisotopic (exact) mass is 218 g/mol. The van der Waals surface area contributed by atoms with Gasteiger partial charge in [-0.3, -0.25) is 4.79 Å². The molecule has 3 fully saturated rings. The minimum Gasteiger partial charge on any atom is -0.481 e. The molecule has 4 aliphatic rings. The number of carboxylic acid groups (broad SMARTS) is 1. The molecule has 4 aliphatic carbocycles. The van der Waals surface area contributed by atoms with Crippen LogP contribution in [0.15, 0.2) is 12.2 Å². The van der Waals surface area contributed by atoms with E-state index in [2.05, 4.69) is 12.2 Å². The minimum atomic E-state index is -0.600. The lowest BCUT2D eigenvalue weighted by Gasteiger charge is -2.36. The average molecular weight is 218 g/mol. The molecule has 0 amide bonds. The number of carbonyl (C=O) groups is 1. The van der Waals surface area contributed by atoms with Crippen LogP contribution in [0.1, 0.15) is 32.1 Å². The van der Waals surface area contributed by atoms with Crippen LogP contribution in [0, 0.1) is 35.0 Å². The predicted octanol–water partition coefficient (Wildman–Crippen LogP) is 2.70. The second kappa shape index (κ2) is 2.72. The molecule has 0 aromatic rings. The fourth-order valence-corrected chi connectivity index (χ4v) is 5.34. The van der Waals surface area contributed by atoms with Crippen LogP contribution in [-0.4, -0.2) is 11.1 Å². The Hall–Kier alpha value is -0.790. The number of carboxylic acids is 1. The van der Waals surface area contributed by atoms with Gasteiger partial charge in [0.05, 0.1) is 0 Å². The summed E-state index contributed by atoms with van der Waals surface area (Å²) in [7, 11) is 0. The number of hydrogen-bond donors (Lipinski definition) is 1. The molecule has 6 unspecified atom stereocenters. The van der Waals surface area contributed by atoms with E-state index in [0.29, 0.717) is 17.8 Å². The summed E-state index contributed by atoms with van der Waals surface area (Å²) >= 11 is 0. The van der Waals surface area contributed by atoms with E-state index in [0.717, 1.165) is 23.7 Å². The van der Waals surface area contributed by atoms with Crippen LogP contribution in [0.2, 0.25) is 0 Å². The molecule has 2 heteroatoms. The van der Waals surface area contributed by atoms with Crippen LogP contribution in [-0.2, 0) is 4.79 Å². The van der Waals surface area contributed by atoms with Gasteiger partial charge >= 0.3 is 5.97 Å². The zero-order valence-electron chi connectivity index (χ0n) is 9.43. The number of fused-ring (bicyclic) bond motifs is 3. The summed E-state index contributed by atoms with van der Waals surface area (Å²) in [5.74, 6) is 3.23. The molecular formula is C14H18O2. The van der Waals surface area contributed by atoms with Crippen LogP contribution >= 0.6 is 0 Å². The Bertz CT molecular complexity index is 386. The van der Waals surface area contributed by atoms with Gasteiger partial charge in [-0.1, -0.05) is 12.2 Å². The van der Waals surface area contributed by atoms with Gasteiger partial charge in [-0.05, 0) is 60.7 Å². The van der Waals surface area contributed by atoms with Gasteiger partial charge in [0.2, 0.25) is 0 Å². The van der Waals surface area contributed by atoms with E-state index < -0.39 is 5.97 Å². The van der Waals surface area contributed by atoms with E-state index in [1.54, 1.807) is 0 Å². The van der Waals surface area contributed by atoms with Crippen molar-refractivity contribution in [1.82, 2.24) is 0 Å². The topological polar surface area (TPSA) is 37.3 Å². The van der Waals surface area contributed by atoms with Crippen LogP contribution in [0.5, 0.6) is 0 Å². The van der Waals surface area contributed by atoms with Gasteiger partial charge < -0.3 is 5.11 Å². The Morgan fingerprint density at radius 3 is 3.00 bits per heavy atom. The van der Waals surface area contributed by atoms with Crippen molar-refractivity contribution in [2.75, 3.05) is 0 Å². The molecule has 16 heavy (non-hydrogen) atoms. The molecule has 4 rings (SSSR count). The Labute approximate surface area is 95.7 Å². The number of hydrogen-bond acceptors (Lipinski definition) is 1. The zero-order chi connectivity index (χ0) is 10.9. The SMILES string of the molecule is O=C(O)CC1CC2CC23C2C=CC(C2)C3C1. The molecular weight excluding hydrogens is 200 g/mol. The highest BCUT2D eigenvalue weighted by atomic mass is 16.4. The summed E-state index contributed by atoms with van der Waals surface area (Å²) in [5.41, 5.74) is 0.661. The van der Waals surface area contributed by atoms with E-state index in [-0.39, 0.29) is 0 Å². The van der Waals surface area contributed by atoms with E-state index in [1.165, 1.54) is 25.7 Å². The van der Waals surface area contributed by atoms with Gasteiger partial charge in [0.15, 0.2) is 0 Å². The first-order valence-corrected chi connectivity index (χ1v) is 6.60. The lowest BCUT2D eigenvalue weighted by Crippen LogP contribution is -2.31. The Morgan fingerprint density at radius 1 is 1.31 bits per heavy atom. The second-order valence-corrected chi connectivity index (χ2v) is 6.45. The van der Waals surface area contributed by atoms with Crippen LogP contribution < -0.4 is 0 Å². The summed E-state index contributed by atoms with van der Waals surface area (Å²) in [6.45, 7) is 0. The van der Waals surface area contributed by atoms with Gasteiger partial charge in [-0.25, -0.2) is 0 Å². The van der Waals surface area contributed by atoms with Gasteiger partial charge in [0.25, 0.3) is 0 Å². The fraction of sp³-hybridized carbons (Fsp3) is 0.786. The summed E-state index contributed by atoms with van der Waals surface area (Å²) in [6, 6.07) is 0. The molecule has 6 atom stereocenters. The van der Waals surface area contributed by atoms with Gasteiger partial charge in [-0.15, -0.1) is 0 Å². The minimum absolute atomic E-state index is 0.407. The second-order valence-electron chi connectivity index (χ2n) is 6.45. The first kappa shape index (κ1) is 9.26. The Morgan fingerprint density at radius 2 is 2.19 bits per heavy atom. The largest absolute Gasteiger partial charge is 0.481 e. The number of aliphatic carboxylic acids is 1. The molecule has 0 heterocycles. The maximum absolute atomic E-state index is 10.8. The van der Waals surface area contributed by atoms with Crippen molar-refractivity contribution in [2.24, 2.45) is 35.0 Å². The predicted molar refractivity (Wildman–Crippen MR) is 59.7 cm³/mol. The van der Waals surface area contributed by atoms with Crippen molar-refractivity contribution in [1.29, 1.82) is 0 Å². The smallest absolute Gasteiger partial charge is 0.303 e. The lowest BCUT2D eigenvalue weighted by atomic mass is 9.68. The third-order valence-electron chi connectivity index (χ3n) is 5.88. The molecule has 3 saturated carbocycles. The number of rotatable bonds is 2. The van der Waals surface area contributed by atoms with E-state index in [1.807, 2.05) is 0 Å². The van der Waals surface area contributed by atoms with Gasteiger partial charge in [-0.2, -0.15) is 0 Å². The highest BCUT2D eigenvalue weighted by molar-refractivity contribution is 5.67. The van der Waals surface area contributed by atoms with E-state index >= 15 is 0 Å². The van der Waals surface area contributed by atoms with E-state index in [4.69, 9.17) is 5.11 Å². The third kappa shape index (κ3) is 0.964. The van der Waals surface area contributed by atoms with E-state index in [9.17, 15) is 4.79 Å². The molecule has 1 spiro atoms. The zero-order valence-corrected chi connectivity index (χ0v) is 9.43. The first-order valence-electron chi connectivity index (χ1n) is 6.60. The highest BCUT2D eigenvalue weighted by Gasteiger charge is 2.70. The Balaban J connectivity index is 1.59. The Kier molecular flexibility index (Phi) is 1.57. The summed E-state index contributed by atoms with van der Waals surface area (Å²) in [6.07, 6.45) is 10.4. The third-order valence-corrected chi connectivity index (χ3v) is 5.88. The molecule has 1 N–H and O–H groups in total. The van der Waals surface area contributed by atoms with Crippen LogP contribution in [0.4, 0.5) is 0 Å². The van der Waals surface area contributed by atoms with Crippen molar-refractivity contribution < 1.29 is 9.90 Å². The van der Waals surface area contributed by atoms with Gasteiger partial charge in [0.1, 0.15) is 0 Å². The first-order chi connectivity index (χ1) is 7.70. The summed E-state index contributed by atoms with van der Waals surface area (Å²) in [4.78, 5) is 10.8. The maximum atomic E-state index is 10.8. The molecule has 0 aromatic carbocycles. The lowest BCUT2D eigenvalue weighted by molar-refractivity contribution is -0.138. The number of allylic oxidation sites excluding steroid dienone is 2. The van der Waals surface area contributed by atoms with Crippen LogP contribution in [0.3, 0.4) is 0 Å². The summed E-state index contributed by atoms with van der Waals surface area (Å²) < 4.78 is 0. The van der Waals surface area contributed by atoms with Crippen molar-refractivity contribution in [2.45, 2.75) is 32.1 Å². The van der Waals surface area contributed by atoms with Crippen molar-refractivity contribution in [3.8, 4) is 0 Å². The molecule has 2 bridgehead atoms. The molecule has 0 aliphatic heterocycles. The normalized spacial score (nSPS) is 55.9.